The molecule has 0 atom stereocenters. The van der Waals surface area contributed by atoms with Crippen molar-refractivity contribution in [3.8, 4) is 6.07 Å². The number of nitriles is 1. The maximum atomic E-state index is 9.00. The van der Waals surface area contributed by atoms with Gasteiger partial charge < -0.3 is 5.73 Å². The van der Waals surface area contributed by atoms with E-state index in [1.165, 1.54) is 62.7 Å². The van der Waals surface area contributed by atoms with Gasteiger partial charge in [-0.1, -0.05) is 80.7 Å². The number of aryl methyl sites for hydroxylation is 2. The molecule has 0 fully saturated rings. The molecule has 0 amide bonds. The van der Waals surface area contributed by atoms with Crippen molar-refractivity contribution in [2.75, 3.05) is 7.05 Å². The smallest absolute Gasteiger partial charge is 0.680 e. The van der Waals surface area contributed by atoms with Crippen molar-refractivity contribution in [1.82, 2.24) is 0 Å². The van der Waals surface area contributed by atoms with Gasteiger partial charge in [-0.15, -0.1) is 22.3 Å². The fourth-order valence-electron chi connectivity index (χ4n) is 3.43. The number of hydrogen-bond acceptors (Lipinski definition) is 1. The van der Waals surface area contributed by atoms with E-state index in [0.717, 1.165) is 11.5 Å². The molecule has 0 bridgehead atoms. The summed E-state index contributed by atoms with van der Waals surface area (Å²) in [6.45, 7) is 23.2. The van der Waals surface area contributed by atoms with Crippen LogP contribution in [-0.2, 0) is 18.6 Å². The molecule has 0 unspecified atom stereocenters. The predicted molar refractivity (Wildman–Crippen MR) is 123 cm³/mol. The molecule has 0 aliphatic rings. The van der Waals surface area contributed by atoms with Gasteiger partial charge in [0.1, 0.15) is 0 Å². The van der Waals surface area contributed by atoms with E-state index < -0.39 is 0 Å². The Morgan fingerprint density at radius 3 is 1.20 bits per heavy atom. The number of nitrogens with zero attached hydrogens (tertiary/aromatic N) is 1. The number of benzene rings is 2. The van der Waals surface area contributed by atoms with Crippen molar-refractivity contribution >= 4 is 0 Å². The topological polar surface area (TPSA) is 47.6 Å². The van der Waals surface area contributed by atoms with Crippen LogP contribution in [0.2, 0.25) is 0 Å². The third-order valence-corrected chi connectivity index (χ3v) is 6.17. The molecule has 4 heteroatoms. The second-order valence-corrected chi connectivity index (χ2v) is 7.49. The van der Waals surface area contributed by atoms with Crippen LogP contribution in [0.1, 0.15) is 68.1 Å². The van der Waals surface area contributed by atoms with Crippen LogP contribution in [0.4, 0.5) is 0 Å². The molecule has 1 N–H and O–H groups in total. The summed E-state index contributed by atoms with van der Waals surface area (Å²) < 4.78 is 0. The van der Waals surface area contributed by atoms with E-state index in [1.54, 1.807) is 0 Å². The molecule has 2 aromatic carbocycles. The zero-order valence-electron chi connectivity index (χ0n) is 20.9. The molecule has 0 spiro atoms. The average Bonchev–Trinajstić information content (AvgIpc) is 2.69. The fourth-order valence-corrected chi connectivity index (χ4v) is 3.43. The van der Waals surface area contributed by atoms with Gasteiger partial charge >= 0.3 is 18.6 Å². The first kappa shape index (κ1) is 34.0. The predicted octanol–water partition coefficient (Wildman–Crippen LogP) is 7.39. The van der Waals surface area contributed by atoms with Crippen molar-refractivity contribution in [2.24, 2.45) is 0 Å². The van der Waals surface area contributed by atoms with Crippen molar-refractivity contribution in [1.29, 1.82) is 5.26 Å². The maximum absolute atomic E-state index is 9.00. The van der Waals surface area contributed by atoms with E-state index in [-0.39, 0.29) is 49.7 Å². The summed E-state index contributed by atoms with van der Waals surface area (Å²) in [4.78, 5) is 0. The Labute approximate surface area is 221 Å². The van der Waals surface area contributed by atoms with Gasteiger partial charge in [-0.25, -0.2) is 5.26 Å². The first-order chi connectivity index (χ1) is 12.9. The molecule has 1 radical (unpaired) electrons. The quantitative estimate of drug-likeness (QED) is 0.293. The van der Waals surface area contributed by atoms with E-state index in [9.17, 15) is 0 Å². The Morgan fingerprint density at radius 2 is 0.900 bits per heavy atom. The Balaban J connectivity index is -0.000000436. The maximum Gasteiger partial charge on any atom is 2.00 e. The van der Waals surface area contributed by atoms with E-state index in [2.05, 4.69) is 81.4 Å². The van der Waals surface area contributed by atoms with Gasteiger partial charge in [-0.05, 0) is 6.92 Å². The molecule has 0 aliphatic heterocycles. The minimum atomic E-state index is 0. The zero-order valence-corrected chi connectivity index (χ0v) is 26.5. The Kier molecular flexibility index (Phi) is 17.3. The van der Waals surface area contributed by atoms with Crippen LogP contribution in [0.25, 0.3) is 5.73 Å². The van der Waals surface area contributed by atoms with E-state index in [4.69, 9.17) is 11.0 Å². The molecular formula is C26H37N2UV-. The molecule has 2 nitrogen and oxygen atoms in total. The van der Waals surface area contributed by atoms with Gasteiger partial charge in [0, 0.05) is 37.2 Å². The van der Waals surface area contributed by atoms with Crippen molar-refractivity contribution in [2.45, 2.75) is 76.2 Å². The molecule has 0 saturated carbocycles. The summed E-state index contributed by atoms with van der Waals surface area (Å²) in [6.07, 6.45) is 0. The van der Waals surface area contributed by atoms with Crippen LogP contribution in [0.15, 0.2) is 0 Å². The third kappa shape index (κ3) is 7.82. The normalized spacial score (nSPS) is 8.93. The molecule has 0 saturated heterocycles. The average molecular weight is 667 g/mol. The van der Waals surface area contributed by atoms with Crippen LogP contribution in [0.5, 0.6) is 0 Å². The number of hydrogen-bond donors (Lipinski definition) is 0. The molecule has 161 valence electrons. The van der Waals surface area contributed by atoms with E-state index >= 15 is 0 Å². The Morgan fingerprint density at radius 1 is 0.633 bits per heavy atom. The Bertz CT molecular complexity index is 825. The van der Waals surface area contributed by atoms with Gasteiger partial charge in [0.25, 0.3) is 0 Å². The van der Waals surface area contributed by atoms with E-state index in [1.807, 2.05) is 6.92 Å². The summed E-state index contributed by atoms with van der Waals surface area (Å²) in [5.41, 5.74) is 20.1. The zero-order chi connectivity index (χ0) is 22.3. The van der Waals surface area contributed by atoms with Crippen LogP contribution in [0, 0.1) is 124 Å². The van der Waals surface area contributed by atoms with Crippen molar-refractivity contribution in [3.63, 3.8) is 0 Å². The van der Waals surface area contributed by atoms with Crippen LogP contribution in [0.3, 0.4) is 0 Å². The second kappa shape index (κ2) is 15.2. The van der Waals surface area contributed by atoms with Gasteiger partial charge in [0.05, 0.1) is 0 Å². The molecule has 0 heterocycles. The van der Waals surface area contributed by atoms with Crippen LogP contribution < -0.4 is 0 Å². The first-order valence-corrected chi connectivity index (χ1v) is 9.72. The summed E-state index contributed by atoms with van der Waals surface area (Å²) in [5.74, 6) is 0.816. The third-order valence-electron chi connectivity index (χ3n) is 6.17. The monoisotopic (exact) mass is 666 g/mol. The first-order valence-electron chi connectivity index (χ1n) is 9.72. The van der Waals surface area contributed by atoms with E-state index in [0.29, 0.717) is 0 Å². The molecule has 30 heavy (non-hydrogen) atoms. The summed E-state index contributed by atoms with van der Waals surface area (Å²) in [6, 6.07) is 5.60. The van der Waals surface area contributed by atoms with Crippen LogP contribution in [-0.4, -0.2) is 7.05 Å². The largest absolute Gasteiger partial charge is 2.00 e. The standard InChI is InChI=1S/C14H18N.C11H15.CH4N.U.V/c1-8(7-15)14-12(5)10(3)9(2)11(4)13(14)6;1-7-6-8(2)10(4)11(5)9(7)3;1-2;;/h1-6H3;1-5H3;2H,1H3;;/q3*-1;;+2. The van der Waals surface area contributed by atoms with Gasteiger partial charge in [0.15, 0.2) is 0 Å². The van der Waals surface area contributed by atoms with Crippen LogP contribution >= 0.6 is 0 Å². The van der Waals surface area contributed by atoms with Crippen molar-refractivity contribution < 1.29 is 49.7 Å². The summed E-state index contributed by atoms with van der Waals surface area (Å²) >= 11 is 0. The van der Waals surface area contributed by atoms with Gasteiger partial charge in [-0.3, -0.25) is 0 Å². The second-order valence-electron chi connectivity index (χ2n) is 7.49. The minimum Gasteiger partial charge on any atom is -0.680 e. The summed E-state index contributed by atoms with van der Waals surface area (Å²) in [7, 11) is 1.25. The van der Waals surface area contributed by atoms with Crippen molar-refractivity contribution in [3.05, 3.63) is 78.9 Å². The molecular weight excluding hydrogens is 629 g/mol. The molecule has 0 aliphatic carbocycles. The molecule has 2 rings (SSSR count). The number of nitrogens with one attached hydrogen (secondary N) is 1. The number of rotatable bonds is 1. The molecule has 0 aromatic heterocycles. The summed E-state index contributed by atoms with van der Waals surface area (Å²) in [5, 5.41) is 9.00. The Hall–Kier alpha value is -0.604. The SMILES string of the molecule is C[NH-].Cc1[c-]c(C)c(C)c(C)c1C.Cc1c(C)c(C)c([C-](C)C#N)c(C)c1C.[U].[V+2]. The fraction of sp³-hybridized carbons (Fsp3) is 0.462. The minimum absolute atomic E-state index is 0. The van der Waals surface area contributed by atoms with Gasteiger partial charge in [-0.2, -0.15) is 46.5 Å². The molecule has 2 aromatic rings. The van der Waals surface area contributed by atoms with Gasteiger partial charge in [0.2, 0.25) is 0 Å².